The Hall–Kier alpha value is -1.14. The van der Waals surface area contributed by atoms with Gasteiger partial charge in [-0.15, -0.1) is 6.58 Å². The average Bonchev–Trinajstić information content (AvgIpc) is 2.56. The summed E-state index contributed by atoms with van der Waals surface area (Å²) in [5, 5.41) is 16.2. The Morgan fingerprint density at radius 1 is 1.36 bits per heavy atom. The van der Waals surface area contributed by atoms with E-state index in [0.29, 0.717) is 31.2 Å². The summed E-state index contributed by atoms with van der Waals surface area (Å²) in [6.45, 7) is 13.7. The summed E-state index contributed by atoms with van der Waals surface area (Å²) in [4.78, 5) is 8.34. The summed E-state index contributed by atoms with van der Waals surface area (Å²) >= 11 is 3.37. The number of aliphatic hydroxyl groups is 1. The minimum Gasteiger partial charge on any atom is -0.388 e. The first-order valence-corrected chi connectivity index (χ1v) is 8.49. The van der Waals surface area contributed by atoms with Crippen molar-refractivity contribution in [3.8, 4) is 0 Å². The van der Waals surface area contributed by atoms with Crippen molar-refractivity contribution in [2.75, 3.05) is 24.2 Å². The molecule has 1 rings (SSSR count). The Morgan fingerprint density at radius 2 is 1.86 bits per heavy atom. The van der Waals surface area contributed by atoms with Crippen molar-refractivity contribution < 1.29 is 5.11 Å². The normalized spacial score (nSPS) is 9.64. The van der Waals surface area contributed by atoms with E-state index < -0.39 is 5.60 Å². The number of allylic oxidation sites excluding steroid dienone is 1. The third-order valence-electron chi connectivity index (χ3n) is 2.87. The van der Waals surface area contributed by atoms with Crippen LogP contribution in [0, 0.1) is 0 Å². The van der Waals surface area contributed by atoms with E-state index in [-0.39, 0.29) is 0 Å². The van der Waals surface area contributed by atoms with Gasteiger partial charge in [0.15, 0.2) is 0 Å². The van der Waals surface area contributed by atoms with Gasteiger partial charge in [-0.1, -0.05) is 33.8 Å². The Balaban J connectivity index is 0. The fourth-order valence-corrected chi connectivity index (χ4v) is 1.69. The molecule has 6 heteroatoms. The molecule has 0 unspecified atom stereocenters. The van der Waals surface area contributed by atoms with E-state index in [1.807, 2.05) is 34.6 Å². The quantitative estimate of drug-likeness (QED) is 0.641. The maximum atomic E-state index is 10.2. The monoisotopic (exact) mass is 374 g/mol. The summed E-state index contributed by atoms with van der Waals surface area (Å²) in [5.41, 5.74) is -0.690. The lowest BCUT2D eigenvalue weighted by Crippen LogP contribution is -2.35. The first-order valence-electron chi connectivity index (χ1n) is 7.69. The number of aromatic nitrogens is 2. The minimum absolute atomic E-state index is 0.471. The maximum Gasteiger partial charge on any atom is 0.224 e. The molecule has 0 saturated heterocycles. The molecule has 0 aliphatic rings. The molecule has 22 heavy (non-hydrogen) atoms. The van der Waals surface area contributed by atoms with E-state index >= 15 is 0 Å². The summed E-state index contributed by atoms with van der Waals surface area (Å²) < 4.78 is 0.783. The van der Waals surface area contributed by atoms with Gasteiger partial charge in [0, 0.05) is 19.8 Å². The third-order valence-corrected chi connectivity index (χ3v) is 3.45. The highest BCUT2D eigenvalue weighted by molar-refractivity contribution is 9.10. The molecule has 1 aromatic heterocycles. The zero-order valence-corrected chi connectivity index (χ0v) is 16.3. The summed E-state index contributed by atoms with van der Waals surface area (Å²) in [6, 6.07) is 0. The number of nitrogens with one attached hydrogen (secondary N) is 2. The van der Waals surface area contributed by atoms with Crippen molar-refractivity contribution in [2.24, 2.45) is 0 Å². The van der Waals surface area contributed by atoms with E-state index in [4.69, 9.17) is 0 Å². The Bertz CT molecular complexity index is 409. The molecular formula is C16H31BrN4O. The zero-order chi connectivity index (χ0) is 17.6. The highest BCUT2D eigenvalue weighted by atomic mass is 79.9. The van der Waals surface area contributed by atoms with E-state index in [1.165, 1.54) is 0 Å². The largest absolute Gasteiger partial charge is 0.388 e. The smallest absolute Gasteiger partial charge is 0.224 e. The predicted octanol–water partition coefficient (Wildman–Crippen LogP) is 4.46. The van der Waals surface area contributed by atoms with Gasteiger partial charge in [-0.25, -0.2) is 4.98 Å². The molecule has 0 fully saturated rings. The molecule has 1 aromatic rings. The molecule has 0 amide bonds. The van der Waals surface area contributed by atoms with Crippen LogP contribution in [0.4, 0.5) is 11.8 Å². The Morgan fingerprint density at radius 3 is 2.27 bits per heavy atom. The molecule has 0 bridgehead atoms. The van der Waals surface area contributed by atoms with E-state index in [1.54, 1.807) is 19.3 Å². The molecule has 128 valence electrons. The van der Waals surface area contributed by atoms with E-state index in [2.05, 4.69) is 43.1 Å². The Labute approximate surface area is 143 Å². The van der Waals surface area contributed by atoms with Gasteiger partial charge in [-0.05, 0) is 35.7 Å². The van der Waals surface area contributed by atoms with E-state index in [9.17, 15) is 5.11 Å². The minimum atomic E-state index is -0.690. The van der Waals surface area contributed by atoms with Crippen molar-refractivity contribution in [1.82, 2.24) is 9.97 Å². The lowest BCUT2D eigenvalue weighted by Gasteiger charge is -2.25. The van der Waals surface area contributed by atoms with Crippen LogP contribution in [-0.4, -0.2) is 34.3 Å². The van der Waals surface area contributed by atoms with Crippen molar-refractivity contribution in [1.29, 1.82) is 0 Å². The zero-order valence-electron chi connectivity index (χ0n) is 14.7. The molecule has 0 spiro atoms. The topological polar surface area (TPSA) is 70.1 Å². The van der Waals surface area contributed by atoms with Gasteiger partial charge >= 0.3 is 0 Å². The number of hydrogen-bond donors (Lipinski definition) is 3. The van der Waals surface area contributed by atoms with Crippen molar-refractivity contribution in [3.05, 3.63) is 23.3 Å². The maximum absolute atomic E-state index is 10.2. The first kappa shape index (κ1) is 23.1. The summed E-state index contributed by atoms with van der Waals surface area (Å²) in [7, 11) is 1.77. The second kappa shape index (κ2) is 13.5. The average molecular weight is 375 g/mol. The van der Waals surface area contributed by atoms with Crippen molar-refractivity contribution in [3.63, 3.8) is 0 Å². The van der Waals surface area contributed by atoms with Crippen LogP contribution < -0.4 is 10.6 Å². The highest BCUT2D eigenvalue weighted by Crippen LogP contribution is 2.22. The van der Waals surface area contributed by atoms with Gasteiger partial charge in [-0.3, -0.25) is 0 Å². The second-order valence-electron chi connectivity index (χ2n) is 4.33. The molecular weight excluding hydrogens is 344 g/mol. The molecule has 0 aliphatic carbocycles. The van der Waals surface area contributed by atoms with E-state index in [0.717, 1.165) is 4.47 Å². The molecule has 3 N–H and O–H groups in total. The number of hydrogen-bond acceptors (Lipinski definition) is 5. The molecule has 0 radical (unpaired) electrons. The molecule has 1 heterocycles. The summed E-state index contributed by atoms with van der Waals surface area (Å²) in [6.07, 6.45) is 4.84. The third kappa shape index (κ3) is 9.00. The van der Waals surface area contributed by atoms with Crippen LogP contribution in [0.1, 0.15) is 47.5 Å². The molecule has 0 atom stereocenters. The van der Waals surface area contributed by atoms with Crippen LogP contribution in [0.5, 0.6) is 0 Å². The number of nitrogens with zero attached hydrogens (tertiary/aromatic N) is 2. The predicted molar refractivity (Wildman–Crippen MR) is 101 cm³/mol. The van der Waals surface area contributed by atoms with Crippen LogP contribution >= 0.6 is 15.9 Å². The first-order chi connectivity index (χ1) is 10.5. The second-order valence-corrected chi connectivity index (χ2v) is 5.19. The van der Waals surface area contributed by atoms with Crippen molar-refractivity contribution >= 4 is 27.7 Å². The van der Waals surface area contributed by atoms with Gasteiger partial charge in [0.1, 0.15) is 5.82 Å². The van der Waals surface area contributed by atoms with Gasteiger partial charge in [0.2, 0.25) is 5.95 Å². The van der Waals surface area contributed by atoms with Crippen LogP contribution in [0.15, 0.2) is 23.3 Å². The Kier molecular flexibility index (Phi) is 14.2. The molecule has 0 aromatic carbocycles. The van der Waals surface area contributed by atoms with Gasteiger partial charge in [-0.2, -0.15) is 4.98 Å². The van der Waals surface area contributed by atoms with Crippen LogP contribution in [0.25, 0.3) is 0 Å². The lowest BCUT2D eigenvalue weighted by atomic mass is 9.98. The number of halogens is 1. The highest BCUT2D eigenvalue weighted by Gasteiger charge is 2.22. The fraction of sp³-hybridized carbons (Fsp3) is 0.625. The van der Waals surface area contributed by atoms with Crippen LogP contribution in [0.3, 0.4) is 0 Å². The van der Waals surface area contributed by atoms with Gasteiger partial charge < -0.3 is 15.7 Å². The number of anilines is 2. The van der Waals surface area contributed by atoms with Gasteiger partial charge in [0.25, 0.3) is 0 Å². The molecule has 0 aliphatic heterocycles. The number of rotatable bonds is 6. The van der Waals surface area contributed by atoms with Crippen LogP contribution in [-0.2, 0) is 0 Å². The SMILES string of the molecule is C=CC.CC.CCC(O)(CC)CNc1nc(NC)ncc1Br. The summed E-state index contributed by atoms with van der Waals surface area (Å²) in [5.74, 6) is 1.23. The molecule has 5 nitrogen and oxygen atoms in total. The van der Waals surface area contributed by atoms with Gasteiger partial charge in [0.05, 0.1) is 10.1 Å². The van der Waals surface area contributed by atoms with Crippen molar-refractivity contribution in [2.45, 2.75) is 53.1 Å². The lowest BCUT2D eigenvalue weighted by molar-refractivity contribution is 0.0456. The molecule has 0 saturated carbocycles. The standard InChI is InChI=1S/C11H19BrN4O.C3H6.C2H6/c1-4-11(17,5-2)7-15-9-8(12)6-14-10(13-3)16-9;1-3-2;1-2/h6,17H,4-5,7H2,1-3H3,(H2,13,14,15,16);3H,1H2,2H3;1-2H3. The fourth-order valence-electron chi connectivity index (χ4n) is 1.36. The van der Waals surface area contributed by atoms with Crippen LogP contribution in [0.2, 0.25) is 0 Å².